The summed E-state index contributed by atoms with van der Waals surface area (Å²) in [6.45, 7) is 5.39. The van der Waals surface area contributed by atoms with Crippen LogP contribution in [-0.4, -0.2) is 42.7 Å². The Labute approximate surface area is 238 Å². The third kappa shape index (κ3) is 13.6. The molecule has 0 N–H and O–H groups in total. The summed E-state index contributed by atoms with van der Waals surface area (Å²) in [5, 5.41) is 1.36. The molecule has 1 aliphatic rings. The molecule has 2 rings (SSSR count). The fraction of sp³-hybridized carbons (Fsp3) is 0.767. The average Bonchev–Trinajstić information content (AvgIpc) is 2.88. The van der Waals surface area contributed by atoms with Gasteiger partial charge in [0.1, 0.15) is 13.1 Å². The summed E-state index contributed by atoms with van der Waals surface area (Å²) in [6, 6.07) is 6.45. The van der Waals surface area contributed by atoms with Crippen LogP contribution in [0.1, 0.15) is 122 Å². The summed E-state index contributed by atoms with van der Waals surface area (Å²) in [5.74, 6) is 1.73. The number of piperidine rings is 1. The fourth-order valence-electron chi connectivity index (χ4n) is 4.93. The molecule has 202 valence electrons. The molecule has 1 heterocycles. The van der Waals surface area contributed by atoms with Gasteiger partial charge in [-0.25, -0.2) is 4.58 Å². The second-order valence-corrected chi connectivity index (χ2v) is 10.7. The van der Waals surface area contributed by atoms with Gasteiger partial charge >= 0.3 is 0 Å². The molecule has 1 aromatic rings. The molecule has 1 aromatic carbocycles. The topological polar surface area (TPSA) is 21.5 Å². The Balaban J connectivity index is 0.00000612. The van der Waals surface area contributed by atoms with Crippen molar-refractivity contribution in [2.45, 2.75) is 116 Å². The van der Waals surface area contributed by atoms with Crippen LogP contribution in [0, 0.1) is 0 Å². The van der Waals surface area contributed by atoms with Gasteiger partial charge in [-0.2, -0.15) is 0 Å². The van der Waals surface area contributed by atoms with Crippen LogP contribution in [0.3, 0.4) is 0 Å². The van der Waals surface area contributed by atoms with E-state index in [0.717, 1.165) is 37.6 Å². The first kappa shape index (κ1) is 32.6. The molecule has 0 saturated carbocycles. The van der Waals surface area contributed by atoms with E-state index >= 15 is 0 Å². The van der Waals surface area contributed by atoms with Crippen LogP contribution >= 0.6 is 11.8 Å². The Hall–Kier alpha value is -0.430. The lowest BCUT2D eigenvalue weighted by molar-refractivity contribution is -0.534. The smallest absolute Gasteiger partial charge is 0.241 e. The number of methoxy groups -OCH3 is 1. The summed E-state index contributed by atoms with van der Waals surface area (Å²) in [6.07, 6.45) is 25.4. The maximum absolute atomic E-state index is 6.09. The summed E-state index contributed by atoms with van der Waals surface area (Å²) in [4.78, 5) is 0. The van der Waals surface area contributed by atoms with Crippen molar-refractivity contribution in [3.63, 3.8) is 0 Å². The van der Waals surface area contributed by atoms with Gasteiger partial charge in [0, 0.05) is 12.8 Å². The van der Waals surface area contributed by atoms with E-state index in [0.29, 0.717) is 0 Å². The summed E-state index contributed by atoms with van der Waals surface area (Å²) in [7, 11) is 1.75. The number of unbranched alkanes of at least 4 members (excludes halogenated alkanes) is 13. The first-order chi connectivity index (χ1) is 16.8. The summed E-state index contributed by atoms with van der Waals surface area (Å²) >= 11 is 1.84. The van der Waals surface area contributed by atoms with Crippen LogP contribution in [0.4, 0.5) is 0 Å². The van der Waals surface area contributed by atoms with Crippen molar-refractivity contribution >= 4 is 16.8 Å². The normalized spacial score (nSPS) is 13.4. The number of nitrogens with zero attached hydrogens (tertiary/aromatic N) is 1. The zero-order chi connectivity index (χ0) is 24.3. The van der Waals surface area contributed by atoms with Gasteiger partial charge in [-0.3, -0.25) is 0 Å². The lowest BCUT2D eigenvalue weighted by Gasteiger charge is -2.15. The molecule has 1 fully saturated rings. The second-order valence-electron chi connectivity index (χ2n) is 9.87. The highest BCUT2D eigenvalue weighted by atomic mass is 127. The van der Waals surface area contributed by atoms with E-state index in [9.17, 15) is 0 Å². The van der Waals surface area contributed by atoms with Crippen molar-refractivity contribution in [1.82, 2.24) is 0 Å². The monoisotopic (exact) mass is 617 g/mol. The van der Waals surface area contributed by atoms with Crippen LogP contribution in [-0.2, 0) is 0 Å². The molecule has 0 amide bonds. The number of rotatable bonds is 18. The Kier molecular flexibility index (Phi) is 20.2. The van der Waals surface area contributed by atoms with Gasteiger partial charge in [-0.05, 0) is 37.3 Å². The number of hydrogen-bond acceptors (Lipinski definition) is 3. The minimum absolute atomic E-state index is 0. The predicted molar refractivity (Wildman–Crippen MR) is 150 cm³/mol. The van der Waals surface area contributed by atoms with Crippen molar-refractivity contribution in [2.75, 3.05) is 33.1 Å². The van der Waals surface area contributed by atoms with E-state index in [1.807, 2.05) is 11.8 Å². The number of benzene rings is 1. The zero-order valence-corrected chi connectivity index (χ0v) is 25.9. The first-order valence-electron chi connectivity index (χ1n) is 14.3. The largest absolute Gasteiger partial charge is 1.00 e. The van der Waals surface area contributed by atoms with Gasteiger partial charge < -0.3 is 33.5 Å². The standard InChI is InChI=1S/C30H52NO2S.HI/c1-4-5-6-7-8-9-10-11-12-13-14-15-16-20-25-33-28-22-21-27(26-29(28)32-2)30(34-3)31-23-18-17-19-24-31;/h21-22,26H,4-20,23-25H2,1-3H3;1H/q+1;/p-1. The Bertz CT molecular complexity index is 687. The molecule has 35 heavy (non-hydrogen) atoms. The highest BCUT2D eigenvalue weighted by Gasteiger charge is 2.20. The molecule has 3 nitrogen and oxygen atoms in total. The van der Waals surface area contributed by atoms with Crippen molar-refractivity contribution < 1.29 is 38.0 Å². The average molecular weight is 618 g/mol. The van der Waals surface area contributed by atoms with Crippen molar-refractivity contribution in [3.8, 4) is 11.5 Å². The van der Waals surface area contributed by atoms with E-state index < -0.39 is 0 Å². The fourth-order valence-corrected chi connectivity index (χ4v) is 5.73. The minimum Gasteiger partial charge on any atom is -1.00 e. The molecule has 0 aliphatic carbocycles. The predicted octanol–water partition coefficient (Wildman–Crippen LogP) is 5.87. The van der Waals surface area contributed by atoms with Crippen LogP contribution in [0.5, 0.6) is 11.5 Å². The molecular weight excluding hydrogens is 565 g/mol. The first-order valence-corrected chi connectivity index (χ1v) is 15.5. The molecule has 0 spiro atoms. The SMILES string of the molecule is CCCCCCCCCCCCCCCCOc1ccc(C(SC)=[N+]2CCCCC2)cc1OC.[I-]. The van der Waals surface area contributed by atoms with Crippen LogP contribution in [0.25, 0.3) is 0 Å². The van der Waals surface area contributed by atoms with E-state index in [2.05, 4.69) is 36.0 Å². The minimum atomic E-state index is 0. The molecule has 1 saturated heterocycles. The maximum atomic E-state index is 6.09. The van der Waals surface area contributed by atoms with Crippen molar-refractivity contribution in [2.24, 2.45) is 0 Å². The quantitative estimate of drug-likeness (QED) is 0.0891. The van der Waals surface area contributed by atoms with Gasteiger partial charge in [-0.15, -0.1) is 0 Å². The zero-order valence-electron chi connectivity index (χ0n) is 22.9. The van der Waals surface area contributed by atoms with Gasteiger partial charge in [0.25, 0.3) is 0 Å². The number of hydrogen-bond donors (Lipinski definition) is 0. The summed E-state index contributed by atoms with van der Waals surface area (Å²) in [5.41, 5.74) is 1.25. The Morgan fingerprint density at radius 1 is 0.771 bits per heavy atom. The van der Waals surface area contributed by atoms with E-state index in [4.69, 9.17) is 9.47 Å². The lowest BCUT2D eigenvalue weighted by atomic mass is 10.0. The van der Waals surface area contributed by atoms with Gasteiger partial charge in [0.05, 0.1) is 19.3 Å². The van der Waals surface area contributed by atoms with E-state index in [1.165, 1.54) is 113 Å². The molecule has 0 bridgehead atoms. The number of halogens is 1. The lowest BCUT2D eigenvalue weighted by Crippen LogP contribution is -3.00. The molecular formula is C30H52INO2S. The third-order valence-electron chi connectivity index (χ3n) is 7.00. The molecule has 0 atom stereocenters. The molecule has 0 aromatic heterocycles. The van der Waals surface area contributed by atoms with Crippen LogP contribution in [0.2, 0.25) is 0 Å². The van der Waals surface area contributed by atoms with Crippen LogP contribution < -0.4 is 33.5 Å². The maximum Gasteiger partial charge on any atom is 0.241 e. The highest BCUT2D eigenvalue weighted by molar-refractivity contribution is 8.13. The number of thioether (sulfide) groups is 1. The van der Waals surface area contributed by atoms with Crippen LogP contribution in [0.15, 0.2) is 18.2 Å². The number of ether oxygens (including phenoxy) is 2. The van der Waals surface area contributed by atoms with E-state index in [-0.39, 0.29) is 24.0 Å². The third-order valence-corrected chi connectivity index (χ3v) is 7.88. The molecule has 0 unspecified atom stereocenters. The Morgan fingerprint density at radius 2 is 1.31 bits per heavy atom. The molecule has 0 radical (unpaired) electrons. The van der Waals surface area contributed by atoms with Gasteiger partial charge in [0.15, 0.2) is 11.5 Å². The van der Waals surface area contributed by atoms with Crippen molar-refractivity contribution in [1.29, 1.82) is 0 Å². The van der Waals surface area contributed by atoms with Crippen molar-refractivity contribution in [3.05, 3.63) is 23.8 Å². The molecule has 1 aliphatic heterocycles. The van der Waals surface area contributed by atoms with E-state index in [1.54, 1.807) is 7.11 Å². The Morgan fingerprint density at radius 3 is 1.83 bits per heavy atom. The summed E-state index contributed by atoms with van der Waals surface area (Å²) < 4.78 is 14.3. The molecule has 5 heteroatoms. The highest BCUT2D eigenvalue weighted by Crippen LogP contribution is 2.30. The second kappa shape index (κ2) is 21.6. The van der Waals surface area contributed by atoms with Gasteiger partial charge in [0.2, 0.25) is 5.04 Å². The van der Waals surface area contributed by atoms with Gasteiger partial charge in [-0.1, -0.05) is 102 Å².